The van der Waals surface area contributed by atoms with Gasteiger partial charge in [0.1, 0.15) is 6.33 Å². The zero-order valence-corrected chi connectivity index (χ0v) is 11.4. The first-order chi connectivity index (χ1) is 9.19. The molecular weight excluding hydrogens is 251 g/mol. The van der Waals surface area contributed by atoms with Crippen molar-refractivity contribution in [3.8, 4) is 0 Å². The Hall–Kier alpha value is -1.47. The average Bonchev–Trinajstić information content (AvgIpc) is 2.43. The molecule has 0 aromatic carbocycles. The zero-order valence-electron chi connectivity index (χ0n) is 11.4. The van der Waals surface area contributed by atoms with Gasteiger partial charge < -0.3 is 20.0 Å². The molecule has 0 saturated carbocycles. The van der Waals surface area contributed by atoms with Crippen molar-refractivity contribution >= 4 is 11.6 Å². The highest BCUT2D eigenvalue weighted by Crippen LogP contribution is 2.23. The summed E-state index contributed by atoms with van der Waals surface area (Å²) in [6.45, 7) is 5.30. The second kappa shape index (κ2) is 7.85. The number of anilines is 2. The van der Waals surface area contributed by atoms with Crippen molar-refractivity contribution in [2.45, 2.75) is 13.8 Å². The van der Waals surface area contributed by atoms with Crippen LogP contribution < -0.4 is 9.80 Å². The van der Waals surface area contributed by atoms with Crippen molar-refractivity contribution in [2.24, 2.45) is 0 Å². The third-order valence-corrected chi connectivity index (χ3v) is 2.86. The lowest BCUT2D eigenvalue weighted by atomic mass is 10.3. The van der Waals surface area contributed by atoms with Crippen LogP contribution in [0.15, 0.2) is 6.33 Å². The molecule has 0 fully saturated rings. The van der Waals surface area contributed by atoms with Crippen molar-refractivity contribution in [2.75, 3.05) is 49.2 Å². The predicted molar refractivity (Wildman–Crippen MR) is 71.9 cm³/mol. The van der Waals surface area contributed by atoms with Gasteiger partial charge in [-0.05, 0) is 13.8 Å². The first-order valence-electron chi connectivity index (χ1n) is 6.41. The molecule has 0 aliphatic carbocycles. The van der Waals surface area contributed by atoms with Crippen LogP contribution in [-0.2, 0) is 0 Å². The molecule has 19 heavy (non-hydrogen) atoms. The fourth-order valence-corrected chi connectivity index (χ4v) is 1.86. The average molecular weight is 272 g/mol. The van der Waals surface area contributed by atoms with E-state index in [1.807, 2.05) is 13.8 Å². The van der Waals surface area contributed by atoms with E-state index in [0.717, 1.165) is 0 Å². The third kappa shape index (κ3) is 3.74. The van der Waals surface area contributed by atoms with E-state index in [4.69, 9.17) is 10.2 Å². The monoisotopic (exact) mass is 272 g/mol. The molecule has 0 unspecified atom stereocenters. The highest BCUT2D eigenvalue weighted by molar-refractivity contribution is 5.52. The van der Waals surface area contributed by atoms with Crippen LogP contribution in [-0.4, -0.2) is 59.6 Å². The van der Waals surface area contributed by atoms with E-state index in [9.17, 15) is 4.39 Å². The van der Waals surface area contributed by atoms with Crippen LogP contribution in [0.1, 0.15) is 13.8 Å². The molecule has 7 heteroatoms. The first kappa shape index (κ1) is 15.6. The minimum Gasteiger partial charge on any atom is -0.395 e. The molecule has 0 amide bonds. The molecule has 2 N–H and O–H groups in total. The molecule has 1 heterocycles. The number of rotatable bonds is 8. The highest BCUT2D eigenvalue weighted by atomic mass is 19.1. The van der Waals surface area contributed by atoms with Gasteiger partial charge in [-0.1, -0.05) is 0 Å². The Kier molecular flexibility index (Phi) is 6.44. The number of aliphatic hydroxyl groups is 2. The molecule has 1 aromatic rings. The van der Waals surface area contributed by atoms with E-state index in [2.05, 4.69) is 9.97 Å². The van der Waals surface area contributed by atoms with Gasteiger partial charge in [-0.15, -0.1) is 0 Å². The van der Waals surface area contributed by atoms with E-state index in [0.29, 0.717) is 26.2 Å². The number of halogens is 1. The Balaban J connectivity index is 3.08. The largest absolute Gasteiger partial charge is 0.395 e. The minimum absolute atomic E-state index is 0.0687. The third-order valence-electron chi connectivity index (χ3n) is 2.86. The summed E-state index contributed by atoms with van der Waals surface area (Å²) in [7, 11) is 0. The molecule has 1 aromatic heterocycles. The highest BCUT2D eigenvalue weighted by Gasteiger charge is 2.19. The van der Waals surface area contributed by atoms with Gasteiger partial charge in [0, 0.05) is 26.2 Å². The molecular formula is C12H21FN4O2. The van der Waals surface area contributed by atoms with E-state index >= 15 is 0 Å². The van der Waals surface area contributed by atoms with Crippen LogP contribution in [0.5, 0.6) is 0 Å². The van der Waals surface area contributed by atoms with Crippen LogP contribution in [0.3, 0.4) is 0 Å². The minimum atomic E-state index is -0.520. The van der Waals surface area contributed by atoms with E-state index < -0.39 is 5.82 Å². The Morgan fingerprint density at radius 1 is 1.00 bits per heavy atom. The fourth-order valence-electron chi connectivity index (χ4n) is 1.86. The van der Waals surface area contributed by atoms with Gasteiger partial charge in [0.2, 0.25) is 5.82 Å². The lowest BCUT2D eigenvalue weighted by Crippen LogP contribution is -2.31. The number of aliphatic hydroxyl groups excluding tert-OH is 2. The number of hydrogen-bond acceptors (Lipinski definition) is 6. The summed E-state index contributed by atoms with van der Waals surface area (Å²) in [6, 6.07) is 0. The summed E-state index contributed by atoms with van der Waals surface area (Å²) < 4.78 is 14.4. The summed E-state index contributed by atoms with van der Waals surface area (Å²) in [5.41, 5.74) is 0. The van der Waals surface area contributed by atoms with Crippen LogP contribution in [0.25, 0.3) is 0 Å². The second-order valence-electron chi connectivity index (χ2n) is 3.94. The molecule has 0 radical (unpaired) electrons. The molecule has 6 nitrogen and oxygen atoms in total. The lowest BCUT2D eigenvalue weighted by Gasteiger charge is -2.25. The smallest absolute Gasteiger partial charge is 0.208 e. The SMILES string of the molecule is CCN(CCO)c1ncnc(N(CC)CCO)c1F. The summed E-state index contributed by atoms with van der Waals surface area (Å²) in [4.78, 5) is 11.2. The Morgan fingerprint density at radius 2 is 1.42 bits per heavy atom. The molecule has 0 saturated heterocycles. The van der Waals surface area contributed by atoms with E-state index in [1.54, 1.807) is 9.80 Å². The van der Waals surface area contributed by atoms with Gasteiger partial charge in [0.15, 0.2) is 11.6 Å². The Labute approximate surface area is 112 Å². The molecule has 108 valence electrons. The van der Waals surface area contributed by atoms with Gasteiger partial charge in [-0.25, -0.2) is 9.97 Å². The summed E-state index contributed by atoms with van der Waals surface area (Å²) in [6.07, 6.45) is 1.30. The normalized spacial score (nSPS) is 10.6. The maximum atomic E-state index is 14.4. The van der Waals surface area contributed by atoms with Crippen LogP contribution in [0.4, 0.5) is 16.0 Å². The number of aromatic nitrogens is 2. The maximum absolute atomic E-state index is 14.4. The van der Waals surface area contributed by atoms with Gasteiger partial charge in [-0.2, -0.15) is 4.39 Å². The Bertz CT molecular complexity index is 360. The summed E-state index contributed by atoms with van der Waals surface area (Å²) in [5, 5.41) is 18.0. The van der Waals surface area contributed by atoms with Gasteiger partial charge in [0.25, 0.3) is 0 Å². The molecule has 0 atom stereocenters. The predicted octanol–water partition coefficient (Wildman–Crippen LogP) is 0.253. The second-order valence-corrected chi connectivity index (χ2v) is 3.94. The number of nitrogens with zero attached hydrogens (tertiary/aromatic N) is 4. The quantitative estimate of drug-likeness (QED) is 0.707. The number of hydrogen-bond donors (Lipinski definition) is 2. The summed E-state index contributed by atoms with van der Waals surface area (Å²) in [5.74, 6) is -0.163. The van der Waals surface area contributed by atoms with Crippen molar-refractivity contribution in [3.63, 3.8) is 0 Å². The van der Waals surface area contributed by atoms with Crippen LogP contribution >= 0.6 is 0 Å². The molecule has 0 bridgehead atoms. The topological polar surface area (TPSA) is 72.7 Å². The van der Waals surface area contributed by atoms with Crippen LogP contribution in [0.2, 0.25) is 0 Å². The molecule has 1 rings (SSSR count). The van der Waals surface area contributed by atoms with Crippen molar-refractivity contribution in [1.29, 1.82) is 0 Å². The molecule has 0 aliphatic rings. The molecule has 0 spiro atoms. The van der Waals surface area contributed by atoms with Crippen LogP contribution in [0, 0.1) is 5.82 Å². The Morgan fingerprint density at radius 3 is 1.74 bits per heavy atom. The van der Waals surface area contributed by atoms with E-state index in [-0.39, 0.29) is 24.8 Å². The molecule has 0 aliphatic heterocycles. The standard InChI is InChI=1S/C12H21FN4O2/c1-3-16(5-7-18)11-10(13)12(15-9-14-11)17(4-2)6-8-19/h9,18-19H,3-8H2,1-2H3. The van der Waals surface area contributed by atoms with Gasteiger partial charge >= 0.3 is 0 Å². The zero-order chi connectivity index (χ0) is 14.3. The fraction of sp³-hybridized carbons (Fsp3) is 0.667. The summed E-state index contributed by atoms with van der Waals surface area (Å²) >= 11 is 0. The van der Waals surface area contributed by atoms with Gasteiger partial charge in [0.05, 0.1) is 13.2 Å². The van der Waals surface area contributed by atoms with E-state index in [1.165, 1.54) is 6.33 Å². The van der Waals surface area contributed by atoms with Crippen molar-refractivity contribution in [1.82, 2.24) is 9.97 Å². The number of likely N-dealkylation sites (N-methyl/N-ethyl adjacent to an activating group) is 2. The van der Waals surface area contributed by atoms with Crippen molar-refractivity contribution < 1.29 is 14.6 Å². The maximum Gasteiger partial charge on any atom is 0.208 e. The van der Waals surface area contributed by atoms with Crippen molar-refractivity contribution in [3.05, 3.63) is 12.1 Å². The first-order valence-corrected chi connectivity index (χ1v) is 6.41. The van der Waals surface area contributed by atoms with Gasteiger partial charge in [-0.3, -0.25) is 0 Å². The lowest BCUT2D eigenvalue weighted by molar-refractivity contribution is 0.301.